The molecule has 0 bridgehead atoms. The quantitative estimate of drug-likeness (QED) is 0.712. The molecule has 2 rings (SSSR count). The Labute approximate surface area is 89.3 Å². The molecule has 0 aliphatic carbocycles. The molecule has 0 spiro atoms. The Bertz CT molecular complexity index is 324. The molecule has 0 saturated heterocycles. The molecular formula is C10H8N2Tl. The van der Waals surface area contributed by atoms with Gasteiger partial charge in [-0.15, -0.1) is 0 Å². The number of pyridine rings is 2. The van der Waals surface area contributed by atoms with Crippen molar-refractivity contribution in [3.8, 4) is 0 Å². The minimum absolute atomic E-state index is 1.09. The number of hydrogen-bond acceptors (Lipinski definition) is 2. The van der Waals surface area contributed by atoms with E-state index in [0.29, 0.717) is 0 Å². The maximum atomic E-state index is 4.33. The zero-order valence-corrected chi connectivity index (χ0v) is 11.6. The van der Waals surface area contributed by atoms with Gasteiger partial charge >= 0.3 is 89.5 Å². The fourth-order valence-electron chi connectivity index (χ4n) is 1.07. The van der Waals surface area contributed by atoms with Crippen LogP contribution in [0.3, 0.4) is 0 Å². The average Bonchev–Trinajstić information content (AvgIpc) is 2.21. The topological polar surface area (TPSA) is 25.8 Å². The van der Waals surface area contributed by atoms with Gasteiger partial charge in [-0.1, -0.05) is 0 Å². The molecule has 0 atom stereocenters. The molecule has 61 valence electrons. The van der Waals surface area contributed by atoms with Gasteiger partial charge in [-0.3, -0.25) is 0 Å². The van der Waals surface area contributed by atoms with E-state index in [0.717, 1.165) is 0 Å². The molecule has 13 heavy (non-hydrogen) atoms. The summed E-state index contributed by atoms with van der Waals surface area (Å²) < 4.78 is 2.53. The van der Waals surface area contributed by atoms with E-state index in [1.54, 1.807) is 0 Å². The predicted molar refractivity (Wildman–Crippen MR) is 53.5 cm³/mol. The molecule has 0 fully saturated rings. The number of hydrogen-bond donors (Lipinski definition) is 0. The first-order valence-electron chi connectivity index (χ1n) is 4.12. The van der Waals surface area contributed by atoms with E-state index >= 15 is 0 Å². The molecule has 0 aliphatic rings. The van der Waals surface area contributed by atoms with Crippen LogP contribution < -0.4 is 6.51 Å². The van der Waals surface area contributed by atoms with E-state index in [2.05, 4.69) is 22.1 Å². The summed E-state index contributed by atoms with van der Waals surface area (Å²) in [6, 6.07) is 12.2. The van der Waals surface area contributed by atoms with E-state index in [-0.39, 0.29) is 0 Å². The second-order valence-electron chi connectivity index (χ2n) is 2.65. The van der Waals surface area contributed by atoms with Gasteiger partial charge in [0.1, 0.15) is 0 Å². The number of rotatable bonds is 2. The van der Waals surface area contributed by atoms with Gasteiger partial charge in [-0.2, -0.15) is 0 Å². The monoisotopic (exact) mass is 361 g/mol. The van der Waals surface area contributed by atoms with Crippen LogP contribution in [0.5, 0.6) is 0 Å². The molecule has 0 aromatic carbocycles. The van der Waals surface area contributed by atoms with Gasteiger partial charge in [0.2, 0.25) is 0 Å². The summed E-state index contributed by atoms with van der Waals surface area (Å²) in [5, 5.41) is 0. The molecule has 2 nitrogen and oxygen atoms in total. The van der Waals surface area contributed by atoms with Crippen molar-refractivity contribution in [3.63, 3.8) is 0 Å². The summed E-state index contributed by atoms with van der Waals surface area (Å²) in [4.78, 5) is 8.65. The molecular weight excluding hydrogens is 353 g/mol. The maximum absolute atomic E-state index is 4.33. The molecule has 0 unspecified atom stereocenters. The fourth-order valence-corrected chi connectivity index (χ4v) is 5.11. The van der Waals surface area contributed by atoms with E-state index in [1.807, 2.05) is 36.7 Å². The summed E-state index contributed by atoms with van der Waals surface area (Å²) in [5.41, 5.74) is 0. The summed E-state index contributed by atoms with van der Waals surface area (Å²) in [6.45, 7) is 0. The van der Waals surface area contributed by atoms with Crippen molar-refractivity contribution >= 4 is 30.7 Å². The third kappa shape index (κ3) is 2.58. The Morgan fingerprint density at radius 3 is 1.69 bits per heavy atom. The standard InChI is InChI=1S/2C5H4N.Tl/c2*1-2-4-6-5-3-1;/h2*1-4H;. The summed E-state index contributed by atoms with van der Waals surface area (Å²) in [5.74, 6) is 0. The van der Waals surface area contributed by atoms with Gasteiger partial charge in [-0.25, -0.2) is 0 Å². The molecule has 0 amide bonds. The van der Waals surface area contributed by atoms with Crippen LogP contribution in [0.1, 0.15) is 0 Å². The normalized spacial score (nSPS) is 9.23. The van der Waals surface area contributed by atoms with Crippen molar-refractivity contribution in [2.75, 3.05) is 0 Å². The molecule has 2 aromatic heterocycles. The van der Waals surface area contributed by atoms with E-state index in [4.69, 9.17) is 0 Å². The van der Waals surface area contributed by atoms with Crippen molar-refractivity contribution in [3.05, 3.63) is 48.8 Å². The molecule has 0 saturated carbocycles. The minimum atomic E-state index is -1.09. The van der Waals surface area contributed by atoms with Gasteiger partial charge < -0.3 is 0 Å². The molecule has 3 heteroatoms. The first kappa shape index (κ1) is 8.80. The molecule has 2 heterocycles. The van der Waals surface area contributed by atoms with Crippen molar-refractivity contribution in [1.29, 1.82) is 0 Å². The Kier molecular flexibility index (Phi) is 3.02. The van der Waals surface area contributed by atoms with Gasteiger partial charge in [0, 0.05) is 0 Å². The summed E-state index contributed by atoms with van der Waals surface area (Å²) in [7, 11) is 0. The van der Waals surface area contributed by atoms with Crippen LogP contribution in [0.4, 0.5) is 0 Å². The summed E-state index contributed by atoms with van der Waals surface area (Å²) in [6.07, 6.45) is 3.71. The zero-order valence-electron chi connectivity index (χ0n) is 7.09. The Morgan fingerprint density at radius 2 is 1.31 bits per heavy atom. The van der Waals surface area contributed by atoms with Crippen molar-refractivity contribution < 1.29 is 0 Å². The first-order valence-corrected chi connectivity index (χ1v) is 8.61. The van der Waals surface area contributed by atoms with Gasteiger partial charge in [0.25, 0.3) is 0 Å². The van der Waals surface area contributed by atoms with Crippen molar-refractivity contribution in [1.82, 2.24) is 9.97 Å². The molecule has 0 aliphatic heterocycles. The second kappa shape index (κ2) is 4.46. The van der Waals surface area contributed by atoms with Crippen molar-refractivity contribution in [2.24, 2.45) is 0 Å². The Balaban J connectivity index is 2.16. The fraction of sp³-hybridized carbons (Fsp3) is 0. The average molecular weight is 361 g/mol. The van der Waals surface area contributed by atoms with Crippen LogP contribution in [0.25, 0.3) is 0 Å². The predicted octanol–water partition coefficient (Wildman–Crippen LogP) is 0.132. The SMILES string of the molecule is c1cc[c]([Tl][c]2ccccn2)nc1. The van der Waals surface area contributed by atoms with E-state index in [1.165, 1.54) is 6.51 Å². The van der Waals surface area contributed by atoms with Crippen LogP contribution in [0, 0.1) is 0 Å². The molecule has 0 N–H and O–H groups in total. The summed E-state index contributed by atoms with van der Waals surface area (Å²) >= 11 is -1.09. The Morgan fingerprint density at radius 1 is 0.769 bits per heavy atom. The van der Waals surface area contributed by atoms with Crippen LogP contribution in [-0.2, 0) is 0 Å². The van der Waals surface area contributed by atoms with Crippen LogP contribution in [0.15, 0.2) is 48.8 Å². The van der Waals surface area contributed by atoms with Crippen LogP contribution in [0.2, 0.25) is 0 Å². The third-order valence-corrected chi connectivity index (χ3v) is 6.63. The van der Waals surface area contributed by atoms with E-state index in [9.17, 15) is 0 Å². The van der Waals surface area contributed by atoms with Crippen LogP contribution >= 0.6 is 0 Å². The second-order valence-corrected chi connectivity index (χ2v) is 8.37. The first-order chi connectivity index (χ1) is 6.45. The van der Waals surface area contributed by atoms with Gasteiger partial charge in [0.05, 0.1) is 0 Å². The van der Waals surface area contributed by atoms with E-state index < -0.39 is 24.2 Å². The third-order valence-electron chi connectivity index (χ3n) is 1.67. The number of nitrogens with zero attached hydrogens (tertiary/aromatic N) is 2. The van der Waals surface area contributed by atoms with Crippen LogP contribution in [-0.4, -0.2) is 34.2 Å². The van der Waals surface area contributed by atoms with Gasteiger partial charge in [-0.05, 0) is 0 Å². The zero-order chi connectivity index (χ0) is 8.93. The van der Waals surface area contributed by atoms with Gasteiger partial charge in [0.15, 0.2) is 0 Å². The molecule has 2 aromatic rings. The Hall–Kier alpha value is -0.778. The molecule has 0 radical (unpaired) electrons. The number of aromatic nitrogens is 2. The van der Waals surface area contributed by atoms with Crippen molar-refractivity contribution in [2.45, 2.75) is 0 Å².